The Labute approximate surface area is 142 Å². The molecule has 130 valence electrons. The first kappa shape index (κ1) is 16.9. The van der Waals surface area contributed by atoms with Crippen LogP contribution in [-0.4, -0.2) is 38.1 Å². The zero-order chi connectivity index (χ0) is 17.5. The summed E-state index contributed by atoms with van der Waals surface area (Å²) in [7, 11) is -0.601. The maximum Gasteiger partial charge on any atom is 0.243 e. The van der Waals surface area contributed by atoms with Gasteiger partial charge in [-0.05, 0) is 38.1 Å². The highest BCUT2D eigenvalue weighted by atomic mass is 32.2. The van der Waals surface area contributed by atoms with Crippen molar-refractivity contribution in [3.63, 3.8) is 0 Å². The molecule has 0 spiro atoms. The van der Waals surface area contributed by atoms with Crippen LogP contribution in [0, 0.1) is 6.92 Å². The zero-order valence-corrected chi connectivity index (χ0v) is 15.1. The first-order chi connectivity index (χ1) is 11.4. The zero-order valence-electron chi connectivity index (χ0n) is 14.3. The molecule has 6 nitrogen and oxygen atoms in total. The molecule has 0 aliphatic carbocycles. The van der Waals surface area contributed by atoms with Crippen LogP contribution in [0.15, 0.2) is 35.2 Å². The molecule has 0 saturated carbocycles. The Bertz CT molecular complexity index is 857. The number of sulfonamides is 1. The van der Waals surface area contributed by atoms with Gasteiger partial charge in [0.25, 0.3) is 0 Å². The SMILES string of the molecule is COc1ccc(S(=O)(=O)N2CCn3c(C)ccc3[C@@H]2C)cc1OC. The highest BCUT2D eigenvalue weighted by Crippen LogP contribution is 2.35. The van der Waals surface area contributed by atoms with Gasteiger partial charge in [-0.3, -0.25) is 0 Å². The summed E-state index contributed by atoms with van der Waals surface area (Å²) < 4.78 is 40.3. The number of benzene rings is 1. The van der Waals surface area contributed by atoms with Gasteiger partial charge >= 0.3 is 0 Å². The first-order valence-electron chi connectivity index (χ1n) is 7.80. The lowest BCUT2D eigenvalue weighted by molar-refractivity contribution is 0.280. The van der Waals surface area contributed by atoms with E-state index in [2.05, 4.69) is 4.57 Å². The molecule has 0 bridgehead atoms. The summed E-state index contributed by atoms with van der Waals surface area (Å²) in [5, 5.41) is 0. The second kappa shape index (κ2) is 6.14. The van der Waals surface area contributed by atoms with Gasteiger partial charge in [-0.25, -0.2) is 8.42 Å². The molecule has 2 aromatic rings. The van der Waals surface area contributed by atoms with Crippen LogP contribution >= 0.6 is 0 Å². The molecule has 1 atom stereocenters. The summed E-state index contributed by atoms with van der Waals surface area (Å²) in [6.45, 7) is 5.06. The number of methoxy groups -OCH3 is 2. The third kappa shape index (κ3) is 2.57. The van der Waals surface area contributed by atoms with E-state index in [9.17, 15) is 8.42 Å². The number of nitrogens with zero attached hydrogens (tertiary/aromatic N) is 2. The molecule has 7 heteroatoms. The third-order valence-corrected chi connectivity index (χ3v) is 6.56. The predicted molar refractivity (Wildman–Crippen MR) is 91.0 cm³/mol. The Morgan fingerprint density at radius 3 is 2.42 bits per heavy atom. The van der Waals surface area contributed by atoms with E-state index >= 15 is 0 Å². The monoisotopic (exact) mass is 350 g/mol. The molecule has 1 aliphatic heterocycles. The molecule has 0 unspecified atom stereocenters. The van der Waals surface area contributed by atoms with E-state index < -0.39 is 10.0 Å². The number of hydrogen-bond donors (Lipinski definition) is 0. The molecular weight excluding hydrogens is 328 g/mol. The van der Waals surface area contributed by atoms with Crippen LogP contribution in [0.1, 0.15) is 24.4 Å². The van der Waals surface area contributed by atoms with Gasteiger partial charge < -0.3 is 14.0 Å². The molecule has 0 N–H and O–H groups in total. The fourth-order valence-electron chi connectivity index (χ4n) is 3.24. The van der Waals surface area contributed by atoms with Crippen molar-refractivity contribution >= 4 is 10.0 Å². The summed E-state index contributed by atoms with van der Waals surface area (Å²) in [6.07, 6.45) is 0. The van der Waals surface area contributed by atoms with Crippen molar-refractivity contribution < 1.29 is 17.9 Å². The lowest BCUT2D eigenvalue weighted by Crippen LogP contribution is -2.41. The van der Waals surface area contributed by atoms with Crippen LogP contribution in [0.2, 0.25) is 0 Å². The van der Waals surface area contributed by atoms with Crippen LogP contribution in [0.3, 0.4) is 0 Å². The van der Waals surface area contributed by atoms with E-state index in [4.69, 9.17) is 9.47 Å². The van der Waals surface area contributed by atoms with E-state index in [0.717, 1.165) is 11.4 Å². The first-order valence-corrected chi connectivity index (χ1v) is 9.24. The van der Waals surface area contributed by atoms with Gasteiger partial charge in [0.05, 0.1) is 25.2 Å². The molecule has 0 fully saturated rings. The average molecular weight is 350 g/mol. The van der Waals surface area contributed by atoms with E-state index in [1.54, 1.807) is 16.4 Å². The minimum Gasteiger partial charge on any atom is -0.493 e. The normalized spacial score (nSPS) is 18.2. The average Bonchev–Trinajstić information content (AvgIpc) is 2.96. The van der Waals surface area contributed by atoms with Crippen molar-refractivity contribution in [3.8, 4) is 11.5 Å². The molecule has 1 aromatic carbocycles. The second-order valence-electron chi connectivity index (χ2n) is 5.86. The van der Waals surface area contributed by atoms with Crippen molar-refractivity contribution in [1.82, 2.24) is 8.87 Å². The molecule has 0 amide bonds. The second-order valence-corrected chi connectivity index (χ2v) is 7.75. The number of aromatic nitrogens is 1. The van der Waals surface area contributed by atoms with Gasteiger partial charge in [0, 0.05) is 30.5 Å². The fraction of sp³-hybridized carbons (Fsp3) is 0.412. The van der Waals surface area contributed by atoms with E-state index in [1.807, 2.05) is 26.0 Å². The van der Waals surface area contributed by atoms with Crippen LogP contribution in [0.25, 0.3) is 0 Å². The predicted octanol–water partition coefficient (Wildman–Crippen LogP) is 2.58. The summed E-state index contributed by atoms with van der Waals surface area (Å²) in [5.41, 5.74) is 2.17. The topological polar surface area (TPSA) is 60.8 Å². The summed E-state index contributed by atoms with van der Waals surface area (Å²) in [4.78, 5) is 0.212. The standard InChI is InChI=1S/C17H22N2O4S/c1-12-5-7-15-13(2)19(10-9-18(12)15)24(20,21)14-6-8-16(22-3)17(11-14)23-4/h5-8,11,13H,9-10H2,1-4H3/t13-/m0/s1. The smallest absolute Gasteiger partial charge is 0.243 e. The lowest BCUT2D eigenvalue weighted by atomic mass is 10.2. The van der Waals surface area contributed by atoms with Gasteiger partial charge in [0.1, 0.15) is 0 Å². The van der Waals surface area contributed by atoms with Crippen molar-refractivity contribution in [2.45, 2.75) is 31.3 Å². The Kier molecular flexibility index (Phi) is 4.31. The minimum absolute atomic E-state index is 0.212. The van der Waals surface area contributed by atoms with Gasteiger partial charge in [0.2, 0.25) is 10.0 Å². The minimum atomic E-state index is -3.62. The number of fused-ring (bicyclic) bond motifs is 1. The molecule has 1 aliphatic rings. The molecule has 0 saturated heterocycles. The summed E-state index contributed by atoms with van der Waals surface area (Å²) in [5.74, 6) is 0.912. The van der Waals surface area contributed by atoms with E-state index in [-0.39, 0.29) is 10.9 Å². The Balaban J connectivity index is 2.00. The Morgan fingerprint density at radius 1 is 1.04 bits per heavy atom. The van der Waals surface area contributed by atoms with E-state index in [0.29, 0.717) is 24.6 Å². The van der Waals surface area contributed by atoms with Gasteiger partial charge in [-0.15, -0.1) is 0 Å². The number of aryl methyl sites for hydroxylation is 1. The van der Waals surface area contributed by atoms with Crippen LogP contribution < -0.4 is 9.47 Å². The Morgan fingerprint density at radius 2 is 1.75 bits per heavy atom. The fourth-order valence-corrected chi connectivity index (χ4v) is 4.85. The van der Waals surface area contributed by atoms with E-state index in [1.165, 1.54) is 20.3 Å². The molecule has 2 heterocycles. The van der Waals surface area contributed by atoms with Gasteiger partial charge in [-0.1, -0.05) is 0 Å². The molecule has 24 heavy (non-hydrogen) atoms. The van der Waals surface area contributed by atoms with Gasteiger partial charge in [-0.2, -0.15) is 4.31 Å². The molecule has 1 aromatic heterocycles. The molecule has 0 radical (unpaired) electrons. The summed E-state index contributed by atoms with van der Waals surface area (Å²) in [6, 6.07) is 8.50. The quantitative estimate of drug-likeness (QED) is 0.850. The van der Waals surface area contributed by atoms with Crippen molar-refractivity contribution in [3.05, 3.63) is 41.7 Å². The number of ether oxygens (including phenoxy) is 2. The molecular formula is C17H22N2O4S. The largest absolute Gasteiger partial charge is 0.493 e. The van der Waals surface area contributed by atoms with Crippen molar-refractivity contribution in [2.24, 2.45) is 0 Å². The van der Waals surface area contributed by atoms with Crippen molar-refractivity contribution in [1.29, 1.82) is 0 Å². The molecule has 3 rings (SSSR count). The number of hydrogen-bond acceptors (Lipinski definition) is 4. The van der Waals surface area contributed by atoms with Crippen LogP contribution in [0.5, 0.6) is 11.5 Å². The Hall–Kier alpha value is -1.99. The third-order valence-electron chi connectivity index (χ3n) is 4.60. The maximum atomic E-state index is 13.1. The van der Waals surface area contributed by atoms with Crippen molar-refractivity contribution in [2.75, 3.05) is 20.8 Å². The number of rotatable bonds is 4. The van der Waals surface area contributed by atoms with Crippen LogP contribution in [-0.2, 0) is 16.6 Å². The maximum absolute atomic E-state index is 13.1. The highest BCUT2D eigenvalue weighted by molar-refractivity contribution is 7.89. The van der Waals surface area contributed by atoms with Gasteiger partial charge in [0.15, 0.2) is 11.5 Å². The summed E-state index contributed by atoms with van der Waals surface area (Å²) >= 11 is 0. The van der Waals surface area contributed by atoms with Crippen LogP contribution in [0.4, 0.5) is 0 Å². The highest BCUT2D eigenvalue weighted by Gasteiger charge is 2.34. The lowest BCUT2D eigenvalue weighted by Gasteiger charge is -2.34.